The van der Waals surface area contributed by atoms with E-state index in [0.29, 0.717) is 6.42 Å². The summed E-state index contributed by atoms with van der Waals surface area (Å²) < 4.78 is 10.6. The van der Waals surface area contributed by atoms with E-state index in [1.165, 1.54) is 39.2 Å². The van der Waals surface area contributed by atoms with Gasteiger partial charge >= 0.3 is 5.97 Å². The number of methoxy groups -OCH3 is 1. The Balaban J connectivity index is 3.81. The lowest BCUT2D eigenvalue weighted by molar-refractivity contribution is -0.149. The fraction of sp³-hybridized carbons (Fsp3) is 0.938. The highest BCUT2D eigenvalue weighted by atomic mass is 16.5. The Bertz CT molecular complexity index is 258. The van der Waals surface area contributed by atoms with Crippen molar-refractivity contribution in [2.24, 2.45) is 0 Å². The molecule has 20 heavy (non-hydrogen) atoms. The van der Waals surface area contributed by atoms with E-state index < -0.39 is 5.54 Å². The van der Waals surface area contributed by atoms with E-state index in [4.69, 9.17) is 9.47 Å². The van der Waals surface area contributed by atoms with Crippen LogP contribution in [0.15, 0.2) is 0 Å². The third kappa shape index (κ3) is 7.85. The van der Waals surface area contributed by atoms with E-state index in [1.807, 2.05) is 13.8 Å². The second-order valence-electron chi connectivity index (χ2n) is 5.73. The van der Waals surface area contributed by atoms with Crippen molar-refractivity contribution in [3.05, 3.63) is 0 Å². The third-order valence-electron chi connectivity index (χ3n) is 3.78. The molecule has 0 aliphatic carbocycles. The Kier molecular flexibility index (Phi) is 10.8. The molecule has 1 N–H and O–H groups in total. The van der Waals surface area contributed by atoms with Crippen LogP contribution in [0.3, 0.4) is 0 Å². The summed E-state index contributed by atoms with van der Waals surface area (Å²) in [5, 5.41) is 3.03. The number of unbranched alkanes of at least 4 members (excludes halogenated alkanes) is 5. The van der Waals surface area contributed by atoms with Gasteiger partial charge in [0.1, 0.15) is 5.54 Å². The second-order valence-corrected chi connectivity index (χ2v) is 5.73. The van der Waals surface area contributed by atoms with Gasteiger partial charge in [-0.05, 0) is 27.3 Å². The Hall–Kier alpha value is -0.610. The quantitative estimate of drug-likeness (QED) is 0.442. The summed E-state index contributed by atoms with van der Waals surface area (Å²) >= 11 is 0. The standard InChI is InChI=1S/C16H33NO3/c1-6-7-8-9-10-11-12-20-14(2)13-16(3,17-4)15(18)19-5/h14,17H,6-13H2,1-5H3. The van der Waals surface area contributed by atoms with Gasteiger partial charge in [-0.2, -0.15) is 0 Å². The molecule has 0 fully saturated rings. The predicted octanol–water partition coefficient (Wildman–Crippen LogP) is 3.29. The summed E-state index contributed by atoms with van der Waals surface area (Å²) in [6.45, 7) is 6.86. The minimum atomic E-state index is -0.671. The molecule has 120 valence electrons. The number of likely N-dealkylation sites (N-methyl/N-ethyl adjacent to an activating group) is 1. The molecule has 0 saturated heterocycles. The molecule has 4 heteroatoms. The number of hydrogen-bond donors (Lipinski definition) is 1. The van der Waals surface area contributed by atoms with Crippen molar-refractivity contribution in [1.29, 1.82) is 0 Å². The molecular weight excluding hydrogens is 254 g/mol. The SMILES string of the molecule is CCCCCCCCOC(C)CC(C)(NC)C(=O)OC. The lowest BCUT2D eigenvalue weighted by atomic mass is 9.95. The molecule has 0 amide bonds. The van der Waals surface area contributed by atoms with Gasteiger partial charge in [-0.1, -0.05) is 39.0 Å². The number of esters is 1. The second kappa shape index (κ2) is 11.1. The van der Waals surface area contributed by atoms with Crippen molar-refractivity contribution < 1.29 is 14.3 Å². The predicted molar refractivity (Wildman–Crippen MR) is 82.9 cm³/mol. The van der Waals surface area contributed by atoms with Gasteiger partial charge in [-0.3, -0.25) is 4.79 Å². The van der Waals surface area contributed by atoms with Crippen molar-refractivity contribution in [2.75, 3.05) is 20.8 Å². The fourth-order valence-electron chi connectivity index (χ4n) is 2.31. The minimum Gasteiger partial charge on any atom is -0.468 e. The van der Waals surface area contributed by atoms with E-state index >= 15 is 0 Å². The first-order valence-corrected chi connectivity index (χ1v) is 7.89. The topological polar surface area (TPSA) is 47.6 Å². The average Bonchev–Trinajstić information content (AvgIpc) is 2.45. The maximum atomic E-state index is 11.7. The van der Waals surface area contributed by atoms with Gasteiger partial charge in [-0.15, -0.1) is 0 Å². The highest BCUT2D eigenvalue weighted by molar-refractivity contribution is 5.80. The Morgan fingerprint density at radius 1 is 1.20 bits per heavy atom. The van der Waals surface area contributed by atoms with Crippen molar-refractivity contribution in [1.82, 2.24) is 5.32 Å². The maximum absolute atomic E-state index is 11.7. The Morgan fingerprint density at radius 3 is 2.35 bits per heavy atom. The minimum absolute atomic E-state index is 0.0437. The van der Waals surface area contributed by atoms with Gasteiger partial charge in [0.15, 0.2) is 0 Å². The Labute approximate surface area is 124 Å². The van der Waals surface area contributed by atoms with Crippen LogP contribution in [-0.4, -0.2) is 38.4 Å². The van der Waals surface area contributed by atoms with Crippen LogP contribution in [0.25, 0.3) is 0 Å². The molecule has 0 aliphatic rings. The van der Waals surface area contributed by atoms with Crippen LogP contribution in [0, 0.1) is 0 Å². The first-order chi connectivity index (χ1) is 9.50. The van der Waals surface area contributed by atoms with Gasteiger partial charge < -0.3 is 14.8 Å². The van der Waals surface area contributed by atoms with Crippen LogP contribution in [0.4, 0.5) is 0 Å². The molecule has 0 saturated carbocycles. The van der Waals surface area contributed by atoms with Crippen LogP contribution in [0.2, 0.25) is 0 Å². The molecular formula is C16H33NO3. The molecule has 0 aromatic carbocycles. The van der Waals surface area contributed by atoms with Crippen molar-refractivity contribution in [2.45, 2.75) is 77.4 Å². The molecule has 4 nitrogen and oxygen atoms in total. The zero-order chi connectivity index (χ0) is 15.4. The summed E-state index contributed by atoms with van der Waals surface area (Å²) in [6.07, 6.45) is 8.22. The van der Waals surface area contributed by atoms with Crippen LogP contribution < -0.4 is 5.32 Å². The van der Waals surface area contributed by atoms with Crippen molar-refractivity contribution in [3.8, 4) is 0 Å². The number of rotatable bonds is 12. The summed E-state index contributed by atoms with van der Waals surface area (Å²) in [7, 11) is 3.19. The first-order valence-electron chi connectivity index (χ1n) is 7.89. The molecule has 0 aromatic heterocycles. The molecule has 2 unspecified atom stereocenters. The van der Waals surface area contributed by atoms with Crippen LogP contribution >= 0.6 is 0 Å². The zero-order valence-corrected chi connectivity index (χ0v) is 14.0. The monoisotopic (exact) mass is 287 g/mol. The smallest absolute Gasteiger partial charge is 0.325 e. The van der Waals surface area contributed by atoms with Gasteiger partial charge in [0, 0.05) is 13.0 Å². The Morgan fingerprint density at radius 2 is 1.80 bits per heavy atom. The highest BCUT2D eigenvalue weighted by Gasteiger charge is 2.34. The summed E-state index contributed by atoms with van der Waals surface area (Å²) in [5.74, 6) is -0.241. The number of hydrogen-bond acceptors (Lipinski definition) is 4. The summed E-state index contributed by atoms with van der Waals surface area (Å²) in [4.78, 5) is 11.7. The van der Waals surface area contributed by atoms with Crippen LogP contribution in [0.5, 0.6) is 0 Å². The first kappa shape index (κ1) is 19.4. The lowest BCUT2D eigenvalue weighted by Crippen LogP contribution is -2.50. The molecule has 0 rings (SSSR count). The number of carbonyl (C=O) groups is 1. The van der Waals surface area contributed by atoms with Gasteiger partial charge in [0.05, 0.1) is 13.2 Å². The van der Waals surface area contributed by atoms with Crippen molar-refractivity contribution in [3.63, 3.8) is 0 Å². The largest absolute Gasteiger partial charge is 0.468 e. The normalized spacial score (nSPS) is 15.7. The molecule has 0 aromatic rings. The van der Waals surface area contributed by atoms with Gasteiger partial charge in [-0.25, -0.2) is 0 Å². The molecule has 0 aliphatic heterocycles. The van der Waals surface area contributed by atoms with Gasteiger partial charge in [0.2, 0.25) is 0 Å². The molecule has 0 radical (unpaired) electrons. The number of nitrogens with one attached hydrogen (secondary N) is 1. The van der Waals surface area contributed by atoms with Crippen LogP contribution in [0.1, 0.15) is 65.7 Å². The fourth-order valence-corrected chi connectivity index (χ4v) is 2.31. The van der Waals surface area contributed by atoms with E-state index in [0.717, 1.165) is 13.0 Å². The summed E-state index contributed by atoms with van der Waals surface area (Å²) in [5.41, 5.74) is -0.671. The molecule has 2 atom stereocenters. The average molecular weight is 287 g/mol. The third-order valence-corrected chi connectivity index (χ3v) is 3.78. The van der Waals surface area contributed by atoms with E-state index in [9.17, 15) is 4.79 Å². The van der Waals surface area contributed by atoms with Gasteiger partial charge in [0.25, 0.3) is 0 Å². The molecule has 0 spiro atoms. The van der Waals surface area contributed by atoms with E-state index in [2.05, 4.69) is 12.2 Å². The molecule has 0 heterocycles. The highest BCUT2D eigenvalue weighted by Crippen LogP contribution is 2.16. The van der Waals surface area contributed by atoms with Crippen LogP contribution in [-0.2, 0) is 14.3 Å². The maximum Gasteiger partial charge on any atom is 0.325 e. The summed E-state index contributed by atoms with van der Waals surface area (Å²) in [6, 6.07) is 0. The number of ether oxygens (including phenoxy) is 2. The number of carbonyl (C=O) groups excluding carboxylic acids is 1. The van der Waals surface area contributed by atoms with E-state index in [-0.39, 0.29) is 12.1 Å². The lowest BCUT2D eigenvalue weighted by Gasteiger charge is -2.29. The molecule has 0 bridgehead atoms. The van der Waals surface area contributed by atoms with Crippen molar-refractivity contribution >= 4 is 5.97 Å². The zero-order valence-electron chi connectivity index (χ0n) is 14.0. The van der Waals surface area contributed by atoms with E-state index in [1.54, 1.807) is 7.05 Å².